The predicted octanol–water partition coefficient (Wildman–Crippen LogP) is 26.7. The molecule has 0 radical (unpaired) electrons. The molecule has 0 aromatic rings. The summed E-state index contributed by atoms with van der Waals surface area (Å²) in [5, 5.41) is 23.2. The lowest BCUT2D eigenvalue weighted by molar-refractivity contribution is -0.143. The van der Waals surface area contributed by atoms with Crippen LogP contribution in [0.2, 0.25) is 0 Å². The number of aliphatic hydroxyl groups is 2. The molecule has 0 aliphatic rings. The maximum Gasteiger partial charge on any atom is 0.305 e. The van der Waals surface area contributed by atoms with Crippen LogP contribution in [0.1, 0.15) is 470 Å². The highest BCUT2D eigenvalue weighted by atomic mass is 16.5. The zero-order valence-corrected chi connectivity index (χ0v) is 59.5. The monoisotopic (exact) mass is 1230 g/mol. The summed E-state index contributed by atoms with van der Waals surface area (Å²) in [5.74, 6) is -0.0299. The molecular weight excluding hydrogens is 1070 g/mol. The number of hydrogen-bond donors (Lipinski definition) is 3. The average molecular weight is 1230 g/mol. The molecule has 2 atom stereocenters. The standard InChI is InChI=1S/C81H159NO5/c1-3-5-7-9-11-13-15-17-19-47-51-55-59-63-67-71-75-81(86)87-76-72-68-64-60-56-52-48-44-42-40-38-36-34-32-30-28-26-24-22-20-21-23-25-27-29-31-33-35-37-39-41-43-46-50-54-58-62-66-70-74-80(85)82-78(77-83)79(84)73-69-65-61-57-53-49-45-18-16-14-12-10-8-6-4-2/h69,73,78-79,83-84H,3-68,70-72,74-77H2,1-2H3,(H,82,85)/b73-69+. The van der Waals surface area contributed by atoms with Gasteiger partial charge in [0.05, 0.1) is 25.4 Å². The number of ether oxygens (including phenoxy) is 1. The number of carbonyl (C=O) groups excluding carboxylic acids is 2. The molecule has 0 rings (SSSR count). The van der Waals surface area contributed by atoms with Crippen molar-refractivity contribution < 1.29 is 24.5 Å². The highest BCUT2D eigenvalue weighted by Crippen LogP contribution is 2.20. The predicted molar refractivity (Wildman–Crippen MR) is 384 cm³/mol. The quantitative estimate of drug-likeness (QED) is 0.0320. The van der Waals surface area contributed by atoms with Crippen LogP contribution in [0, 0.1) is 0 Å². The molecule has 0 aliphatic heterocycles. The molecule has 6 heteroatoms. The molecule has 0 heterocycles. The summed E-state index contributed by atoms with van der Waals surface area (Å²) in [6.07, 6.45) is 97.9. The molecule has 0 saturated heterocycles. The molecule has 0 aliphatic carbocycles. The fourth-order valence-corrected chi connectivity index (χ4v) is 13.2. The number of carbonyl (C=O) groups is 2. The van der Waals surface area contributed by atoms with E-state index in [1.165, 1.54) is 405 Å². The van der Waals surface area contributed by atoms with Crippen molar-refractivity contribution >= 4 is 11.9 Å². The Labute approximate surface area is 546 Å². The molecular formula is C81H159NO5. The van der Waals surface area contributed by atoms with Crippen LogP contribution in [-0.4, -0.2) is 47.4 Å². The smallest absolute Gasteiger partial charge is 0.305 e. The molecule has 0 bridgehead atoms. The summed E-state index contributed by atoms with van der Waals surface area (Å²) < 4.78 is 5.51. The fraction of sp³-hybridized carbons (Fsp3) is 0.951. The highest BCUT2D eigenvalue weighted by Gasteiger charge is 2.18. The minimum atomic E-state index is -0.839. The largest absolute Gasteiger partial charge is 0.466 e. The van der Waals surface area contributed by atoms with Crippen LogP contribution >= 0.6 is 0 Å². The number of unbranched alkanes of at least 4 members (excludes halogenated alkanes) is 66. The summed E-state index contributed by atoms with van der Waals surface area (Å²) in [6, 6.07) is -0.622. The number of amides is 1. The SMILES string of the molecule is CCCCCCCCCCCCCCC/C=C/C(O)C(CO)NC(=O)CCCCCCCCCCCCCCCCCCCCCCCCCCCCCCCCCCCCCCCCCOC(=O)CCCCCCCCCCCCCCCCCC. The van der Waals surface area contributed by atoms with Crippen LogP contribution in [0.3, 0.4) is 0 Å². The van der Waals surface area contributed by atoms with Gasteiger partial charge in [-0.05, 0) is 32.1 Å². The van der Waals surface area contributed by atoms with Crippen molar-refractivity contribution in [3.8, 4) is 0 Å². The van der Waals surface area contributed by atoms with Gasteiger partial charge >= 0.3 is 5.97 Å². The minimum Gasteiger partial charge on any atom is -0.466 e. The first-order valence-corrected chi connectivity index (χ1v) is 40.5. The van der Waals surface area contributed by atoms with Gasteiger partial charge in [-0.2, -0.15) is 0 Å². The van der Waals surface area contributed by atoms with E-state index >= 15 is 0 Å². The molecule has 2 unspecified atom stereocenters. The van der Waals surface area contributed by atoms with Crippen molar-refractivity contribution in [3.63, 3.8) is 0 Å². The van der Waals surface area contributed by atoms with Gasteiger partial charge in [-0.25, -0.2) is 0 Å². The van der Waals surface area contributed by atoms with Crippen molar-refractivity contribution in [2.75, 3.05) is 13.2 Å². The lowest BCUT2D eigenvalue weighted by atomic mass is 10.0. The van der Waals surface area contributed by atoms with Crippen molar-refractivity contribution in [1.29, 1.82) is 0 Å². The van der Waals surface area contributed by atoms with Crippen LogP contribution in [0.25, 0.3) is 0 Å². The van der Waals surface area contributed by atoms with Crippen molar-refractivity contribution in [1.82, 2.24) is 5.32 Å². The third kappa shape index (κ3) is 73.5. The maximum absolute atomic E-state index is 12.5. The van der Waals surface area contributed by atoms with Crippen molar-refractivity contribution in [3.05, 3.63) is 12.2 Å². The zero-order chi connectivity index (χ0) is 62.8. The van der Waals surface area contributed by atoms with Gasteiger partial charge in [0.2, 0.25) is 5.91 Å². The van der Waals surface area contributed by atoms with Crippen molar-refractivity contribution in [2.45, 2.75) is 482 Å². The van der Waals surface area contributed by atoms with Crippen LogP contribution in [0.15, 0.2) is 12.2 Å². The van der Waals surface area contributed by atoms with Crippen LogP contribution in [0.4, 0.5) is 0 Å². The second-order valence-electron chi connectivity index (χ2n) is 28.1. The van der Waals surface area contributed by atoms with Crippen LogP contribution < -0.4 is 5.32 Å². The first kappa shape index (κ1) is 85.6. The van der Waals surface area contributed by atoms with E-state index in [-0.39, 0.29) is 18.5 Å². The lowest BCUT2D eigenvalue weighted by Crippen LogP contribution is -2.45. The van der Waals surface area contributed by atoms with Gasteiger partial charge in [0.1, 0.15) is 0 Å². The van der Waals surface area contributed by atoms with E-state index in [4.69, 9.17) is 4.74 Å². The summed E-state index contributed by atoms with van der Waals surface area (Å²) in [5.41, 5.74) is 0. The Kier molecular flexibility index (Phi) is 75.8. The van der Waals surface area contributed by atoms with Gasteiger partial charge in [0.25, 0.3) is 0 Å². The Hall–Kier alpha value is -1.40. The zero-order valence-electron chi connectivity index (χ0n) is 59.5. The Balaban J connectivity index is 3.28. The normalized spacial score (nSPS) is 12.5. The number of rotatable bonds is 77. The summed E-state index contributed by atoms with van der Waals surface area (Å²) in [7, 11) is 0. The molecule has 518 valence electrons. The number of hydrogen-bond acceptors (Lipinski definition) is 5. The molecule has 0 fully saturated rings. The Bertz CT molecular complexity index is 1320. The van der Waals surface area contributed by atoms with E-state index in [0.717, 1.165) is 38.5 Å². The first-order valence-electron chi connectivity index (χ1n) is 40.5. The third-order valence-electron chi connectivity index (χ3n) is 19.3. The number of esters is 1. The van der Waals surface area contributed by atoms with E-state index in [2.05, 4.69) is 19.2 Å². The van der Waals surface area contributed by atoms with E-state index in [1.807, 2.05) is 6.08 Å². The van der Waals surface area contributed by atoms with E-state index in [0.29, 0.717) is 19.4 Å². The second-order valence-corrected chi connectivity index (χ2v) is 28.1. The van der Waals surface area contributed by atoms with Crippen molar-refractivity contribution in [2.24, 2.45) is 0 Å². The molecule has 3 N–H and O–H groups in total. The molecule has 1 amide bonds. The summed E-state index contributed by atoms with van der Waals surface area (Å²) in [4.78, 5) is 24.6. The van der Waals surface area contributed by atoms with Gasteiger partial charge in [-0.15, -0.1) is 0 Å². The van der Waals surface area contributed by atoms with Crippen LogP contribution in [0.5, 0.6) is 0 Å². The third-order valence-corrected chi connectivity index (χ3v) is 19.3. The fourth-order valence-electron chi connectivity index (χ4n) is 13.2. The molecule has 0 aromatic heterocycles. The Morgan fingerprint density at radius 3 is 0.782 bits per heavy atom. The number of allylic oxidation sites excluding steroid dienone is 1. The van der Waals surface area contributed by atoms with Gasteiger partial charge in [0, 0.05) is 12.8 Å². The lowest BCUT2D eigenvalue weighted by Gasteiger charge is -2.20. The molecule has 6 nitrogen and oxygen atoms in total. The van der Waals surface area contributed by atoms with E-state index in [9.17, 15) is 19.8 Å². The molecule has 0 spiro atoms. The maximum atomic E-state index is 12.5. The Morgan fingerprint density at radius 1 is 0.310 bits per heavy atom. The number of nitrogens with one attached hydrogen (secondary N) is 1. The molecule has 0 aromatic carbocycles. The topological polar surface area (TPSA) is 95.9 Å². The first-order chi connectivity index (χ1) is 43.0. The van der Waals surface area contributed by atoms with Gasteiger partial charge in [0.15, 0.2) is 0 Å². The molecule has 0 saturated carbocycles. The Morgan fingerprint density at radius 2 is 0.529 bits per heavy atom. The molecule has 87 heavy (non-hydrogen) atoms. The average Bonchev–Trinajstić information content (AvgIpc) is 3.54. The van der Waals surface area contributed by atoms with E-state index < -0.39 is 12.1 Å². The van der Waals surface area contributed by atoms with Gasteiger partial charge < -0.3 is 20.3 Å². The van der Waals surface area contributed by atoms with E-state index in [1.54, 1.807) is 6.08 Å². The number of aliphatic hydroxyl groups excluding tert-OH is 2. The second kappa shape index (κ2) is 77.1. The summed E-state index contributed by atoms with van der Waals surface area (Å²) in [6.45, 7) is 4.96. The van der Waals surface area contributed by atoms with Gasteiger partial charge in [-0.3, -0.25) is 9.59 Å². The van der Waals surface area contributed by atoms with Gasteiger partial charge in [-0.1, -0.05) is 437 Å². The summed E-state index contributed by atoms with van der Waals surface area (Å²) >= 11 is 0. The highest BCUT2D eigenvalue weighted by molar-refractivity contribution is 5.76. The minimum absolute atomic E-state index is 0.0285. The van der Waals surface area contributed by atoms with Crippen LogP contribution in [-0.2, 0) is 14.3 Å².